The van der Waals surface area contributed by atoms with Crippen LogP contribution in [0.5, 0.6) is 0 Å². The van der Waals surface area contributed by atoms with E-state index in [-0.39, 0.29) is 5.91 Å². The van der Waals surface area contributed by atoms with Gasteiger partial charge in [-0.05, 0) is 52.9 Å². The molecule has 3 aromatic carbocycles. The molecule has 33 heavy (non-hydrogen) atoms. The number of amides is 1. The van der Waals surface area contributed by atoms with Gasteiger partial charge in [0.15, 0.2) is 0 Å². The number of carbonyl (C=O) groups excluding carboxylic acids is 1. The molecule has 2 aliphatic rings. The summed E-state index contributed by atoms with van der Waals surface area (Å²) in [5, 5.41) is 3.02. The predicted octanol–water partition coefficient (Wildman–Crippen LogP) is 4.33. The first-order valence-corrected chi connectivity index (χ1v) is 11.8. The maximum atomic E-state index is 12.7. The smallest absolute Gasteiger partial charge is 0.255 e. The molecule has 5 rings (SSSR count). The van der Waals surface area contributed by atoms with Crippen molar-refractivity contribution in [2.45, 2.75) is 26.1 Å². The number of carbonyl (C=O) groups is 1. The predicted molar refractivity (Wildman–Crippen MR) is 131 cm³/mol. The van der Waals surface area contributed by atoms with Crippen LogP contribution in [0.4, 0.5) is 5.69 Å². The van der Waals surface area contributed by atoms with E-state index >= 15 is 0 Å². The number of benzene rings is 3. The van der Waals surface area contributed by atoms with Crippen LogP contribution >= 0.6 is 0 Å². The zero-order chi connectivity index (χ0) is 22.5. The fraction of sp³-hybridized carbons (Fsp3) is 0.321. The summed E-state index contributed by atoms with van der Waals surface area (Å²) in [4.78, 5) is 17.6. The first-order valence-electron chi connectivity index (χ1n) is 11.8. The van der Waals surface area contributed by atoms with Crippen LogP contribution in [0.2, 0.25) is 0 Å². The Bertz CT molecular complexity index is 1070. The van der Waals surface area contributed by atoms with Gasteiger partial charge in [-0.25, -0.2) is 0 Å². The van der Waals surface area contributed by atoms with Gasteiger partial charge in [-0.2, -0.15) is 0 Å². The number of rotatable bonds is 6. The Kier molecular flexibility index (Phi) is 6.81. The fourth-order valence-electron chi connectivity index (χ4n) is 4.62. The van der Waals surface area contributed by atoms with Crippen LogP contribution in [-0.4, -0.2) is 48.6 Å². The molecule has 0 saturated carbocycles. The average Bonchev–Trinajstić information content (AvgIpc) is 2.86. The van der Waals surface area contributed by atoms with Crippen molar-refractivity contribution >= 4 is 11.6 Å². The van der Waals surface area contributed by atoms with E-state index < -0.39 is 0 Å². The molecule has 2 heterocycles. The second kappa shape index (κ2) is 10.3. The Morgan fingerprint density at radius 2 is 1.39 bits per heavy atom. The monoisotopic (exact) mass is 441 g/mol. The van der Waals surface area contributed by atoms with Crippen LogP contribution in [0.1, 0.15) is 32.6 Å². The SMILES string of the molecule is O=C(Nc1ccc(CN2CCOCC2)cc1)c1ccc(CN2CCc3ccccc3C2)cc1. The molecule has 0 spiro atoms. The summed E-state index contributed by atoms with van der Waals surface area (Å²) in [6.07, 6.45) is 1.10. The van der Waals surface area contributed by atoms with E-state index in [1.165, 1.54) is 22.3 Å². The number of ether oxygens (including phenoxy) is 1. The Morgan fingerprint density at radius 1 is 0.758 bits per heavy atom. The van der Waals surface area contributed by atoms with Crippen molar-refractivity contribution in [3.63, 3.8) is 0 Å². The molecule has 0 unspecified atom stereocenters. The molecule has 170 valence electrons. The van der Waals surface area contributed by atoms with Gasteiger partial charge in [0.25, 0.3) is 5.91 Å². The highest BCUT2D eigenvalue weighted by molar-refractivity contribution is 6.04. The lowest BCUT2D eigenvalue weighted by molar-refractivity contribution is 0.0342. The summed E-state index contributed by atoms with van der Waals surface area (Å²) in [5.41, 5.74) is 6.88. The van der Waals surface area contributed by atoms with E-state index in [9.17, 15) is 4.79 Å². The van der Waals surface area contributed by atoms with E-state index in [2.05, 4.69) is 63.6 Å². The fourth-order valence-corrected chi connectivity index (χ4v) is 4.62. The van der Waals surface area contributed by atoms with E-state index in [4.69, 9.17) is 4.74 Å². The van der Waals surface area contributed by atoms with Crippen LogP contribution in [0.25, 0.3) is 0 Å². The Balaban J connectivity index is 1.14. The molecule has 0 bridgehead atoms. The van der Waals surface area contributed by atoms with Crippen molar-refractivity contribution < 1.29 is 9.53 Å². The second-order valence-corrected chi connectivity index (χ2v) is 8.97. The van der Waals surface area contributed by atoms with Crippen LogP contribution < -0.4 is 5.32 Å². The third-order valence-corrected chi connectivity index (χ3v) is 6.55. The lowest BCUT2D eigenvalue weighted by Gasteiger charge is -2.28. The minimum absolute atomic E-state index is 0.0746. The molecule has 0 radical (unpaired) electrons. The highest BCUT2D eigenvalue weighted by Gasteiger charge is 2.16. The van der Waals surface area contributed by atoms with Crippen molar-refractivity contribution in [2.24, 2.45) is 0 Å². The standard InChI is InChI=1S/C28H31N3O2/c32-28(29-27-11-7-23(8-12-27)19-30-15-17-33-18-16-30)25-9-5-22(6-10-25)20-31-14-13-24-3-1-2-4-26(24)21-31/h1-12H,13-21H2,(H,29,32). The first-order chi connectivity index (χ1) is 16.2. The van der Waals surface area contributed by atoms with Gasteiger partial charge < -0.3 is 10.1 Å². The summed E-state index contributed by atoms with van der Waals surface area (Å²) in [6.45, 7) is 7.43. The molecule has 3 aromatic rings. The van der Waals surface area contributed by atoms with Crippen molar-refractivity contribution in [2.75, 3.05) is 38.2 Å². The number of morpholine rings is 1. The van der Waals surface area contributed by atoms with Gasteiger partial charge in [0.1, 0.15) is 0 Å². The molecule has 1 amide bonds. The molecular formula is C28H31N3O2. The van der Waals surface area contributed by atoms with E-state index in [0.717, 1.165) is 64.6 Å². The van der Waals surface area contributed by atoms with Crippen molar-refractivity contribution in [1.29, 1.82) is 0 Å². The van der Waals surface area contributed by atoms with Crippen molar-refractivity contribution in [3.05, 3.63) is 101 Å². The number of hydrogen-bond donors (Lipinski definition) is 1. The molecule has 1 N–H and O–H groups in total. The summed E-state index contributed by atoms with van der Waals surface area (Å²) < 4.78 is 5.41. The van der Waals surface area contributed by atoms with Gasteiger partial charge >= 0.3 is 0 Å². The summed E-state index contributed by atoms with van der Waals surface area (Å²) in [5.74, 6) is -0.0746. The van der Waals surface area contributed by atoms with E-state index in [1.54, 1.807) is 0 Å². The van der Waals surface area contributed by atoms with Gasteiger partial charge in [-0.1, -0.05) is 48.5 Å². The van der Waals surface area contributed by atoms with Crippen LogP contribution in [0, 0.1) is 0 Å². The van der Waals surface area contributed by atoms with Crippen LogP contribution in [0.3, 0.4) is 0 Å². The summed E-state index contributed by atoms with van der Waals surface area (Å²) in [6, 6.07) is 24.8. The van der Waals surface area contributed by atoms with Gasteiger partial charge in [0.05, 0.1) is 13.2 Å². The maximum Gasteiger partial charge on any atom is 0.255 e. The average molecular weight is 442 g/mol. The van der Waals surface area contributed by atoms with Crippen molar-refractivity contribution in [1.82, 2.24) is 9.80 Å². The zero-order valence-corrected chi connectivity index (χ0v) is 19.0. The highest BCUT2D eigenvalue weighted by Crippen LogP contribution is 2.21. The topological polar surface area (TPSA) is 44.8 Å². The minimum Gasteiger partial charge on any atom is -0.379 e. The molecule has 5 heteroatoms. The minimum atomic E-state index is -0.0746. The molecule has 1 fully saturated rings. The second-order valence-electron chi connectivity index (χ2n) is 8.97. The van der Waals surface area contributed by atoms with Gasteiger partial charge in [0, 0.05) is 50.5 Å². The first kappa shape index (κ1) is 21.8. The maximum absolute atomic E-state index is 12.7. The number of anilines is 1. The third-order valence-electron chi connectivity index (χ3n) is 6.55. The molecule has 5 nitrogen and oxygen atoms in total. The number of nitrogens with one attached hydrogen (secondary N) is 1. The molecule has 0 aliphatic carbocycles. The third kappa shape index (κ3) is 5.69. The Hall–Kier alpha value is -2.99. The highest BCUT2D eigenvalue weighted by atomic mass is 16.5. The molecule has 2 aliphatic heterocycles. The summed E-state index contributed by atoms with van der Waals surface area (Å²) >= 11 is 0. The number of fused-ring (bicyclic) bond motifs is 1. The molecule has 1 saturated heterocycles. The summed E-state index contributed by atoms with van der Waals surface area (Å²) in [7, 11) is 0. The largest absolute Gasteiger partial charge is 0.379 e. The molecule has 0 aromatic heterocycles. The van der Waals surface area contributed by atoms with Gasteiger partial charge in [-0.3, -0.25) is 14.6 Å². The number of nitrogens with zero attached hydrogens (tertiary/aromatic N) is 2. The lowest BCUT2D eigenvalue weighted by atomic mass is 9.99. The zero-order valence-electron chi connectivity index (χ0n) is 19.0. The van der Waals surface area contributed by atoms with Gasteiger partial charge in [0.2, 0.25) is 0 Å². The number of hydrogen-bond acceptors (Lipinski definition) is 4. The quantitative estimate of drug-likeness (QED) is 0.619. The Morgan fingerprint density at radius 3 is 2.12 bits per heavy atom. The Labute approximate surface area is 196 Å². The normalized spacial score (nSPS) is 16.8. The van der Waals surface area contributed by atoms with E-state index in [1.807, 2.05) is 24.3 Å². The van der Waals surface area contributed by atoms with Gasteiger partial charge in [-0.15, -0.1) is 0 Å². The molecule has 0 atom stereocenters. The van der Waals surface area contributed by atoms with Crippen LogP contribution in [-0.2, 0) is 30.8 Å². The van der Waals surface area contributed by atoms with E-state index in [0.29, 0.717) is 5.56 Å². The van der Waals surface area contributed by atoms with Crippen molar-refractivity contribution in [3.8, 4) is 0 Å². The lowest BCUT2D eigenvalue weighted by Crippen LogP contribution is -2.35. The van der Waals surface area contributed by atoms with Crippen LogP contribution in [0.15, 0.2) is 72.8 Å². The molecular weight excluding hydrogens is 410 g/mol.